The smallest absolute Gasteiger partial charge is 0.145 e. The summed E-state index contributed by atoms with van der Waals surface area (Å²) in [7, 11) is 0. The van der Waals surface area contributed by atoms with E-state index in [9.17, 15) is 4.79 Å². The first-order valence-corrected chi connectivity index (χ1v) is 3.84. The second-order valence-corrected chi connectivity index (χ2v) is 2.88. The number of hydrogen-bond acceptors (Lipinski definition) is 1. The Bertz CT molecular complexity index is 123. The van der Waals surface area contributed by atoms with Gasteiger partial charge in [-0.05, 0) is 24.3 Å². The fourth-order valence-corrected chi connectivity index (χ4v) is 0.663. The minimum atomic E-state index is 0.654. The standard InChI is InChI=1S/C9H16O/c1-4-9(7-10)6-5-8(2)3/h6-8H,4-5H2,1-3H3. The first kappa shape index (κ1) is 9.41. The molecule has 0 aliphatic heterocycles. The third kappa shape index (κ3) is 4.30. The van der Waals surface area contributed by atoms with E-state index in [1.54, 1.807) is 0 Å². The van der Waals surface area contributed by atoms with E-state index in [-0.39, 0.29) is 0 Å². The Morgan fingerprint density at radius 1 is 1.50 bits per heavy atom. The number of hydrogen-bond donors (Lipinski definition) is 0. The first-order chi connectivity index (χ1) is 4.70. The Balaban J connectivity index is 3.74. The van der Waals surface area contributed by atoms with E-state index in [0.29, 0.717) is 5.92 Å². The maximum atomic E-state index is 10.3. The minimum absolute atomic E-state index is 0.654. The minimum Gasteiger partial charge on any atom is -0.298 e. The van der Waals surface area contributed by atoms with Gasteiger partial charge in [0.2, 0.25) is 0 Å². The highest BCUT2D eigenvalue weighted by Crippen LogP contribution is 2.04. The van der Waals surface area contributed by atoms with Crippen molar-refractivity contribution in [2.24, 2.45) is 5.92 Å². The molecule has 0 spiro atoms. The van der Waals surface area contributed by atoms with Crippen LogP contribution < -0.4 is 0 Å². The Hall–Kier alpha value is -0.590. The maximum absolute atomic E-state index is 10.3. The largest absolute Gasteiger partial charge is 0.298 e. The third-order valence-electron chi connectivity index (χ3n) is 1.41. The average molecular weight is 140 g/mol. The zero-order valence-corrected chi connectivity index (χ0v) is 7.05. The van der Waals surface area contributed by atoms with E-state index in [1.807, 2.05) is 13.0 Å². The summed E-state index contributed by atoms with van der Waals surface area (Å²) in [6, 6.07) is 0. The van der Waals surface area contributed by atoms with Crippen LogP contribution in [0, 0.1) is 5.92 Å². The van der Waals surface area contributed by atoms with E-state index in [0.717, 1.165) is 24.7 Å². The monoisotopic (exact) mass is 140 g/mol. The molecule has 0 aliphatic carbocycles. The molecule has 1 heteroatoms. The highest BCUT2D eigenvalue weighted by Gasteiger charge is 1.92. The molecule has 0 aromatic rings. The molecule has 0 aliphatic rings. The van der Waals surface area contributed by atoms with E-state index >= 15 is 0 Å². The van der Waals surface area contributed by atoms with E-state index in [1.165, 1.54) is 0 Å². The molecule has 0 aromatic heterocycles. The molecule has 0 atom stereocenters. The molecule has 10 heavy (non-hydrogen) atoms. The van der Waals surface area contributed by atoms with Gasteiger partial charge in [0.1, 0.15) is 6.29 Å². The molecular formula is C9H16O. The molecule has 0 heterocycles. The molecule has 0 saturated carbocycles. The van der Waals surface area contributed by atoms with E-state index < -0.39 is 0 Å². The normalized spacial score (nSPS) is 12.2. The third-order valence-corrected chi connectivity index (χ3v) is 1.41. The quantitative estimate of drug-likeness (QED) is 0.433. The topological polar surface area (TPSA) is 17.1 Å². The second kappa shape index (κ2) is 5.21. The van der Waals surface area contributed by atoms with Crippen molar-refractivity contribution in [3.8, 4) is 0 Å². The summed E-state index contributed by atoms with van der Waals surface area (Å²) in [5.41, 5.74) is 0.925. The Labute approximate surface area is 63.1 Å². The summed E-state index contributed by atoms with van der Waals surface area (Å²) in [4.78, 5) is 10.3. The van der Waals surface area contributed by atoms with Crippen LogP contribution in [-0.2, 0) is 4.79 Å². The summed E-state index contributed by atoms with van der Waals surface area (Å²) in [5.74, 6) is 0.654. The predicted octanol–water partition coefficient (Wildman–Crippen LogP) is 2.57. The molecule has 0 amide bonds. The van der Waals surface area contributed by atoms with Crippen molar-refractivity contribution in [2.75, 3.05) is 0 Å². The van der Waals surface area contributed by atoms with Crippen LogP contribution in [0.15, 0.2) is 11.6 Å². The van der Waals surface area contributed by atoms with Crippen LogP contribution in [0.2, 0.25) is 0 Å². The molecule has 0 unspecified atom stereocenters. The summed E-state index contributed by atoms with van der Waals surface area (Å²) in [5, 5.41) is 0. The summed E-state index contributed by atoms with van der Waals surface area (Å²) >= 11 is 0. The molecule has 0 fully saturated rings. The second-order valence-electron chi connectivity index (χ2n) is 2.88. The van der Waals surface area contributed by atoms with Crippen molar-refractivity contribution >= 4 is 6.29 Å². The van der Waals surface area contributed by atoms with Gasteiger partial charge in [-0.25, -0.2) is 0 Å². The van der Waals surface area contributed by atoms with Gasteiger partial charge in [0.15, 0.2) is 0 Å². The summed E-state index contributed by atoms with van der Waals surface area (Å²) in [6.07, 6.45) is 4.85. The molecule has 0 aromatic carbocycles. The van der Waals surface area contributed by atoms with Crippen molar-refractivity contribution < 1.29 is 4.79 Å². The van der Waals surface area contributed by atoms with Gasteiger partial charge in [-0.2, -0.15) is 0 Å². The molecule has 0 bridgehead atoms. The number of rotatable bonds is 4. The van der Waals surface area contributed by atoms with Crippen molar-refractivity contribution in [2.45, 2.75) is 33.6 Å². The zero-order chi connectivity index (χ0) is 7.98. The lowest BCUT2D eigenvalue weighted by Crippen LogP contribution is -1.86. The van der Waals surface area contributed by atoms with Crippen molar-refractivity contribution in [3.05, 3.63) is 11.6 Å². The summed E-state index contributed by atoms with van der Waals surface area (Å²) in [6.45, 7) is 6.30. The van der Waals surface area contributed by atoms with Crippen LogP contribution in [0.25, 0.3) is 0 Å². The van der Waals surface area contributed by atoms with Crippen LogP contribution in [0.5, 0.6) is 0 Å². The van der Waals surface area contributed by atoms with Crippen LogP contribution in [-0.4, -0.2) is 6.29 Å². The fraction of sp³-hybridized carbons (Fsp3) is 0.667. The lowest BCUT2D eigenvalue weighted by Gasteiger charge is -1.98. The van der Waals surface area contributed by atoms with Gasteiger partial charge in [0, 0.05) is 0 Å². The number of carbonyl (C=O) groups is 1. The van der Waals surface area contributed by atoms with Gasteiger partial charge in [-0.3, -0.25) is 4.79 Å². The van der Waals surface area contributed by atoms with Crippen molar-refractivity contribution in [3.63, 3.8) is 0 Å². The molecule has 0 saturated heterocycles. The van der Waals surface area contributed by atoms with E-state index in [4.69, 9.17) is 0 Å². The molecule has 0 radical (unpaired) electrons. The van der Waals surface area contributed by atoms with Gasteiger partial charge in [0.25, 0.3) is 0 Å². The molecule has 0 rings (SSSR count). The Kier molecular flexibility index (Phi) is 4.91. The number of carbonyl (C=O) groups excluding carboxylic acids is 1. The lowest BCUT2D eigenvalue weighted by atomic mass is 10.1. The number of allylic oxidation sites excluding steroid dienone is 2. The van der Waals surface area contributed by atoms with Crippen molar-refractivity contribution in [1.29, 1.82) is 0 Å². The summed E-state index contributed by atoms with van der Waals surface area (Å²) < 4.78 is 0. The molecule has 0 N–H and O–H groups in total. The Morgan fingerprint density at radius 3 is 2.40 bits per heavy atom. The first-order valence-electron chi connectivity index (χ1n) is 3.84. The van der Waals surface area contributed by atoms with Crippen LogP contribution in [0.1, 0.15) is 33.6 Å². The van der Waals surface area contributed by atoms with Gasteiger partial charge in [0.05, 0.1) is 0 Å². The zero-order valence-electron chi connectivity index (χ0n) is 7.05. The van der Waals surface area contributed by atoms with Crippen molar-refractivity contribution in [1.82, 2.24) is 0 Å². The fourth-order valence-electron chi connectivity index (χ4n) is 0.663. The average Bonchev–Trinajstić information content (AvgIpc) is 1.90. The van der Waals surface area contributed by atoms with Gasteiger partial charge >= 0.3 is 0 Å². The molecular weight excluding hydrogens is 124 g/mol. The SMILES string of the molecule is CCC(C=O)=CCC(C)C. The van der Waals surface area contributed by atoms with Crippen LogP contribution in [0.4, 0.5) is 0 Å². The van der Waals surface area contributed by atoms with Gasteiger partial charge < -0.3 is 0 Å². The molecule has 1 nitrogen and oxygen atoms in total. The predicted molar refractivity (Wildman–Crippen MR) is 43.9 cm³/mol. The highest BCUT2D eigenvalue weighted by molar-refractivity contribution is 5.72. The van der Waals surface area contributed by atoms with Crippen LogP contribution in [0.3, 0.4) is 0 Å². The molecule has 58 valence electrons. The highest BCUT2D eigenvalue weighted by atomic mass is 16.1. The maximum Gasteiger partial charge on any atom is 0.145 e. The van der Waals surface area contributed by atoms with Crippen LogP contribution >= 0.6 is 0 Å². The Morgan fingerprint density at radius 2 is 2.10 bits per heavy atom. The van der Waals surface area contributed by atoms with E-state index in [2.05, 4.69) is 13.8 Å². The lowest BCUT2D eigenvalue weighted by molar-refractivity contribution is -0.105. The van der Waals surface area contributed by atoms with Gasteiger partial charge in [-0.1, -0.05) is 26.8 Å². The van der Waals surface area contributed by atoms with Gasteiger partial charge in [-0.15, -0.1) is 0 Å². The number of aldehydes is 1.